The van der Waals surface area contributed by atoms with Crippen molar-refractivity contribution >= 4 is 11.6 Å². The molecule has 22 heavy (non-hydrogen) atoms. The van der Waals surface area contributed by atoms with Crippen LogP contribution in [0.25, 0.3) is 0 Å². The molecule has 0 unspecified atom stereocenters. The Morgan fingerprint density at radius 3 is 2.36 bits per heavy atom. The predicted molar refractivity (Wildman–Crippen MR) is 84.7 cm³/mol. The Bertz CT molecular complexity index is 651. The Hall–Kier alpha value is -2.66. The number of nitrogens with one attached hydrogen (secondary N) is 1. The summed E-state index contributed by atoms with van der Waals surface area (Å²) < 4.78 is 5.24. The first-order valence-corrected chi connectivity index (χ1v) is 6.83. The third-order valence-corrected chi connectivity index (χ3v) is 3.20. The van der Waals surface area contributed by atoms with Gasteiger partial charge >= 0.3 is 0 Å². The lowest BCUT2D eigenvalue weighted by Crippen LogP contribution is -2.27. The second-order valence-corrected chi connectivity index (χ2v) is 4.75. The van der Waals surface area contributed by atoms with Crippen molar-refractivity contribution in [2.45, 2.75) is 13.0 Å². The number of phenols is 1. The van der Waals surface area contributed by atoms with Gasteiger partial charge in [-0.25, -0.2) is 5.43 Å². The summed E-state index contributed by atoms with van der Waals surface area (Å²) >= 11 is 0. The number of phenolic OH excluding ortho intramolecular Hbond substituents is 1. The molecule has 0 fully saturated rings. The highest BCUT2D eigenvalue weighted by atomic mass is 16.5. The van der Waals surface area contributed by atoms with E-state index in [1.165, 1.54) is 7.11 Å². The fourth-order valence-electron chi connectivity index (χ4n) is 1.99. The van der Waals surface area contributed by atoms with Gasteiger partial charge in [-0.1, -0.05) is 30.3 Å². The van der Waals surface area contributed by atoms with Crippen LogP contribution in [0.3, 0.4) is 0 Å². The van der Waals surface area contributed by atoms with Gasteiger partial charge < -0.3 is 9.84 Å². The van der Waals surface area contributed by atoms with Gasteiger partial charge in [0, 0.05) is 7.11 Å². The zero-order valence-corrected chi connectivity index (χ0v) is 12.5. The first-order valence-electron chi connectivity index (χ1n) is 6.83. The molecule has 0 saturated heterocycles. The van der Waals surface area contributed by atoms with Gasteiger partial charge in [0.25, 0.3) is 5.91 Å². The van der Waals surface area contributed by atoms with E-state index in [-0.39, 0.29) is 11.7 Å². The number of benzene rings is 2. The van der Waals surface area contributed by atoms with Crippen molar-refractivity contribution in [2.75, 3.05) is 7.11 Å². The van der Waals surface area contributed by atoms with Crippen LogP contribution in [0.15, 0.2) is 59.7 Å². The molecule has 1 atom stereocenters. The molecule has 1 amide bonds. The Morgan fingerprint density at radius 1 is 1.14 bits per heavy atom. The Labute approximate surface area is 129 Å². The van der Waals surface area contributed by atoms with Gasteiger partial charge in [-0.15, -0.1) is 0 Å². The molecule has 5 heteroatoms. The minimum absolute atomic E-state index is 0.184. The van der Waals surface area contributed by atoms with Crippen LogP contribution < -0.4 is 5.43 Å². The quantitative estimate of drug-likeness (QED) is 0.658. The molecule has 0 bridgehead atoms. The number of carbonyl (C=O) groups excluding carboxylic acids is 1. The van der Waals surface area contributed by atoms with Crippen molar-refractivity contribution in [1.29, 1.82) is 0 Å². The fraction of sp³-hybridized carbons (Fsp3) is 0.176. The van der Waals surface area contributed by atoms with Crippen molar-refractivity contribution in [3.63, 3.8) is 0 Å². The molecule has 2 aromatic rings. The number of ether oxygens (including phenoxy) is 1. The van der Waals surface area contributed by atoms with E-state index in [4.69, 9.17) is 4.74 Å². The van der Waals surface area contributed by atoms with Crippen LogP contribution in [0.4, 0.5) is 0 Å². The van der Waals surface area contributed by atoms with E-state index >= 15 is 0 Å². The van der Waals surface area contributed by atoms with E-state index in [1.807, 2.05) is 30.3 Å². The summed E-state index contributed by atoms with van der Waals surface area (Å²) in [6.45, 7) is 1.77. The number of hydrogen-bond acceptors (Lipinski definition) is 4. The summed E-state index contributed by atoms with van der Waals surface area (Å²) in [5, 5.41) is 13.3. The summed E-state index contributed by atoms with van der Waals surface area (Å²) in [7, 11) is 1.48. The topological polar surface area (TPSA) is 70.9 Å². The summed E-state index contributed by atoms with van der Waals surface area (Å²) in [6, 6.07) is 15.8. The molecule has 114 valence electrons. The monoisotopic (exact) mass is 298 g/mol. The number of carbonyl (C=O) groups is 1. The zero-order valence-electron chi connectivity index (χ0n) is 12.5. The van der Waals surface area contributed by atoms with Gasteiger partial charge in [-0.2, -0.15) is 5.10 Å². The van der Waals surface area contributed by atoms with E-state index in [0.717, 1.165) is 11.1 Å². The van der Waals surface area contributed by atoms with E-state index < -0.39 is 6.10 Å². The number of nitrogens with zero attached hydrogens (tertiary/aromatic N) is 1. The van der Waals surface area contributed by atoms with E-state index in [1.54, 1.807) is 31.2 Å². The maximum atomic E-state index is 12.2. The minimum Gasteiger partial charge on any atom is -0.508 e. The van der Waals surface area contributed by atoms with Crippen LogP contribution in [0.1, 0.15) is 24.2 Å². The first kappa shape index (κ1) is 15.7. The summed E-state index contributed by atoms with van der Waals surface area (Å²) in [4.78, 5) is 12.2. The van der Waals surface area contributed by atoms with Crippen LogP contribution in [-0.2, 0) is 9.53 Å². The molecular formula is C17H18N2O3. The van der Waals surface area contributed by atoms with Crippen molar-refractivity contribution in [3.05, 3.63) is 65.7 Å². The smallest absolute Gasteiger partial charge is 0.273 e. The Morgan fingerprint density at radius 2 is 1.77 bits per heavy atom. The molecule has 2 rings (SSSR count). The third kappa shape index (κ3) is 3.93. The molecule has 0 heterocycles. The van der Waals surface area contributed by atoms with E-state index in [9.17, 15) is 9.90 Å². The van der Waals surface area contributed by atoms with Crippen LogP contribution in [0.2, 0.25) is 0 Å². The molecule has 2 aromatic carbocycles. The summed E-state index contributed by atoms with van der Waals surface area (Å²) in [6.07, 6.45) is -0.711. The summed E-state index contributed by atoms with van der Waals surface area (Å²) in [5.74, 6) is -0.157. The highest BCUT2D eigenvalue weighted by Crippen LogP contribution is 2.16. The van der Waals surface area contributed by atoms with Crippen LogP contribution in [0.5, 0.6) is 5.75 Å². The summed E-state index contributed by atoms with van der Waals surface area (Å²) in [5.41, 5.74) is 4.72. The molecule has 5 nitrogen and oxygen atoms in total. The lowest BCUT2D eigenvalue weighted by Gasteiger charge is -2.14. The average molecular weight is 298 g/mol. The zero-order chi connectivity index (χ0) is 15.9. The van der Waals surface area contributed by atoms with Gasteiger partial charge in [0.15, 0.2) is 6.10 Å². The highest BCUT2D eigenvalue weighted by Gasteiger charge is 2.19. The Kier molecular flexibility index (Phi) is 5.27. The second kappa shape index (κ2) is 7.38. The number of hydrazone groups is 1. The number of hydrogen-bond donors (Lipinski definition) is 2. The highest BCUT2D eigenvalue weighted by molar-refractivity contribution is 5.99. The fourth-order valence-corrected chi connectivity index (χ4v) is 1.99. The Balaban J connectivity index is 2.07. The van der Waals surface area contributed by atoms with Gasteiger partial charge in [0.2, 0.25) is 0 Å². The third-order valence-electron chi connectivity index (χ3n) is 3.20. The SMILES string of the molecule is CO[C@H](C(=O)N/N=C(\C)c1ccc(O)cc1)c1ccccc1. The van der Waals surface area contributed by atoms with Crippen molar-refractivity contribution in [2.24, 2.45) is 5.10 Å². The van der Waals surface area contributed by atoms with E-state index in [0.29, 0.717) is 5.71 Å². The lowest BCUT2D eigenvalue weighted by atomic mass is 10.1. The lowest BCUT2D eigenvalue weighted by molar-refractivity contribution is -0.131. The second-order valence-electron chi connectivity index (χ2n) is 4.75. The maximum Gasteiger partial charge on any atom is 0.273 e. The number of rotatable bonds is 5. The standard InChI is InChI=1S/C17H18N2O3/c1-12(13-8-10-15(20)11-9-13)18-19-17(21)16(22-2)14-6-4-3-5-7-14/h3-11,16,20H,1-2H3,(H,19,21)/b18-12+/t16-/m0/s1. The molecule has 0 aliphatic heterocycles. The van der Waals surface area contributed by atoms with Crippen LogP contribution in [-0.4, -0.2) is 23.8 Å². The number of aromatic hydroxyl groups is 1. The average Bonchev–Trinajstić information content (AvgIpc) is 2.55. The molecule has 0 aromatic heterocycles. The minimum atomic E-state index is -0.711. The first-order chi connectivity index (χ1) is 10.6. The van der Waals surface area contributed by atoms with E-state index in [2.05, 4.69) is 10.5 Å². The maximum absolute atomic E-state index is 12.2. The van der Waals surface area contributed by atoms with Gasteiger partial charge in [0.1, 0.15) is 5.75 Å². The molecule has 0 radical (unpaired) electrons. The normalized spacial score (nSPS) is 12.7. The molecule has 0 saturated carbocycles. The number of amides is 1. The van der Waals surface area contributed by atoms with Gasteiger partial charge in [-0.3, -0.25) is 4.79 Å². The van der Waals surface area contributed by atoms with Gasteiger partial charge in [-0.05, 0) is 42.3 Å². The molecule has 0 aliphatic rings. The molecule has 0 spiro atoms. The van der Waals surface area contributed by atoms with Gasteiger partial charge in [0.05, 0.1) is 5.71 Å². The predicted octanol–water partition coefficient (Wildman–Crippen LogP) is 2.62. The van der Waals surface area contributed by atoms with Crippen molar-refractivity contribution in [1.82, 2.24) is 5.43 Å². The molecule has 2 N–H and O–H groups in total. The number of methoxy groups -OCH3 is 1. The molecular weight excluding hydrogens is 280 g/mol. The largest absolute Gasteiger partial charge is 0.508 e. The van der Waals surface area contributed by atoms with Crippen LogP contribution >= 0.6 is 0 Å². The van der Waals surface area contributed by atoms with Crippen molar-refractivity contribution in [3.8, 4) is 5.75 Å². The van der Waals surface area contributed by atoms with Crippen molar-refractivity contribution < 1.29 is 14.6 Å². The molecule has 0 aliphatic carbocycles. The van der Waals surface area contributed by atoms with Crippen LogP contribution in [0, 0.1) is 0 Å².